The fourth-order valence-electron chi connectivity index (χ4n) is 4.39. The molecular weight excluding hydrogens is 496 g/mol. The number of rotatable bonds is 6. The lowest BCUT2D eigenvalue weighted by atomic mass is 9.83. The molecule has 1 saturated heterocycles. The minimum atomic E-state index is -0.462. The van der Waals surface area contributed by atoms with Crippen LogP contribution in [0.3, 0.4) is 0 Å². The van der Waals surface area contributed by atoms with Gasteiger partial charge in [0.15, 0.2) is 0 Å². The second-order valence-corrected chi connectivity index (χ2v) is 9.19. The van der Waals surface area contributed by atoms with Crippen molar-refractivity contribution in [2.24, 2.45) is 5.92 Å². The minimum Gasteiger partial charge on any atom is -0.497 e. The fourth-order valence-corrected chi connectivity index (χ4v) is 4.87. The Morgan fingerprint density at radius 1 is 0.971 bits per heavy atom. The summed E-state index contributed by atoms with van der Waals surface area (Å²) >= 11 is 3.47. The van der Waals surface area contributed by atoms with Gasteiger partial charge in [0.05, 0.1) is 26.2 Å². The summed E-state index contributed by atoms with van der Waals surface area (Å²) in [7, 11) is 3.21. The van der Waals surface area contributed by atoms with E-state index in [9.17, 15) is 9.59 Å². The molecule has 1 aliphatic heterocycles. The van der Waals surface area contributed by atoms with E-state index in [4.69, 9.17) is 9.47 Å². The van der Waals surface area contributed by atoms with Gasteiger partial charge in [0.2, 0.25) is 11.8 Å². The van der Waals surface area contributed by atoms with E-state index in [2.05, 4.69) is 21.2 Å². The number of halogens is 1. The average molecular weight is 523 g/mol. The van der Waals surface area contributed by atoms with Crippen LogP contribution in [-0.2, 0) is 9.59 Å². The second-order valence-electron chi connectivity index (χ2n) is 8.27. The number of ether oxygens (including phenoxy) is 2. The Bertz CT molecular complexity index is 1180. The molecule has 0 bridgehead atoms. The Balaban J connectivity index is 1.73. The third-order valence-electron chi connectivity index (χ3n) is 6.19. The molecule has 4 rings (SSSR count). The van der Waals surface area contributed by atoms with Gasteiger partial charge in [-0.25, -0.2) is 0 Å². The lowest BCUT2D eigenvalue weighted by molar-refractivity contribution is -0.125. The van der Waals surface area contributed by atoms with Gasteiger partial charge in [0, 0.05) is 22.3 Å². The summed E-state index contributed by atoms with van der Waals surface area (Å²) in [6.45, 7) is 1.95. The highest BCUT2D eigenvalue weighted by Gasteiger charge is 2.41. The molecule has 3 aromatic carbocycles. The monoisotopic (exact) mass is 522 g/mol. The summed E-state index contributed by atoms with van der Waals surface area (Å²) in [5.41, 5.74) is 3.32. The Kier molecular flexibility index (Phi) is 7.22. The number of aryl methyl sites for hydroxylation is 1. The molecule has 6 nitrogen and oxygen atoms in total. The lowest BCUT2D eigenvalue weighted by Crippen LogP contribution is -2.47. The molecule has 2 amide bonds. The van der Waals surface area contributed by atoms with Crippen LogP contribution in [0.5, 0.6) is 11.5 Å². The molecule has 0 unspecified atom stereocenters. The van der Waals surface area contributed by atoms with Crippen molar-refractivity contribution in [3.63, 3.8) is 0 Å². The first kappa shape index (κ1) is 23.8. The molecule has 2 atom stereocenters. The van der Waals surface area contributed by atoms with E-state index in [0.717, 1.165) is 27.0 Å². The summed E-state index contributed by atoms with van der Waals surface area (Å²) in [5, 5.41) is 3.09. The fraction of sp³-hybridized carbons (Fsp3) is 0.259. The van der Waals surface area contributed by atoms with Gasteiger partial charge in [-0.3, -0.25) is 9.59 Å². The number of carbonyl (C=O) groups excluding carboxylic acids is 2. The van der Waals surface area contributed by atoms with Gasteiger partial charge >= 0.3 is 0 Å². The first-order valence-electron chi connectivity index (χ1n) is 11.1. The van der Waals surface area contributed by atoms with Gasteiger partial charge in [-0.05, 0) is 79.1 Å². The predicted molar refractivity (Wildman–Crippen MR) is 136 cm³/mol. The molecule has 1 heterocycles. The molecule has 1 fully saturated rings. The van der Waals surface area contributed by atoms with E-state index in [1.54, 1.807) is 19.1 Å². The molecular formula is C27H27BrN2O4. The van der Waals surface area contributed by atoms with E-state index < -0.39 is 12.0 Å². The van der Waals surface area contributed by atoms with E-state index in [1.165, 1.54) is 0 Å². The maximum absolute atomic E-state index is 13.6. The van der Waals surface area contributed by atoms with Crippen LogP contribution < -0.4 is 19.7 Å². The van der Waals surface area contributed by atoms with Crippen molar-refractivity contribution in [2.75, 3.05) is 24.4 Å². The zero-order chi connectivity index (χ0) is 24.2. The summed E-state index contributed by atoms with van der Waals surface area (Å²) < 4.78 is 11.5. The normalized spacial score (nSPS) is 17.9. The highest BCUT2D eigenvalue weighted by atomic mass is 79.9. The first-order chi connectivity index (χ1) is 16.4. The molecule has 0 radical (unpaired) electrons. The van der Waals surface area contributed by atoms with E-state index >= 15 is 0 Å². The van der Waals surface area contributed by atoms with Crippen molar-refractivity contribution in [3.8, 4) is 11.5 Å². The van der Waals surface area contributed by atoms with Crippen LogP contribution in [0.4, 0.5) is 11.4 Å². The number of carbonyl (C=O) groups is 2. The smallest absolute Gasteiger partial charge is 0.229 e. The van der Waals surface area contributed by atoms with Crippen molar-refractivity contribution < 1.29 is 19.1 Å². The average Bonchev–Trinajstić information content (AvgIpc) is 2.85. The maximum Gasteiger partial charge on any atom is 0.229 e. The van der Waals surface area contributed by atoms with E-state index in [1.807, 2.05) is 73.7 Å². The number of anilines is 2. The Morgan fingerprint density at radius 3 is 2.18 bits per heavy atom. The lowest BCUT2D eigenvalue weighted by Gasteiger charge is -2.41. The number of benzene rings is 3. The van der Waals surface area contributed by atoms with Crippen LogP contribution in [0.2, 0.25) is 0 Å². The number of piperidine rings is 1. The van der Waals surface area contributed by atoms with Gasteiger partial charge in [0.1, 0.15) is 11.5 Å². The molecule has 0 saturated carbocycles. The second kappa shape index (κ2) is 10.3. The summed E-state index contributed by atoms with van der Waals surface area (Å²) in [5.74, 6) is 0.853. The van der Waals surface area contributed by atoms with Gasteiger partial charge in [-0.2, -0.15) is 0 Å². The zero-order valence-corrected chi connectivity index (χ0v) is 21.0. The Hall–Kier alpha value is -3.32. The minimum absolute atomic E-state index is 0.0187. The van der Waals surface area contributed by atoms with Gasteiger partial charge in [-0.1, -0.05) is 28.1 Å². The van der Waals surface area contributed by atoms with Crippen LogP contribution in [0.1, 0.15) is 30.0 Å². The molecule has 1 N–H and O–H groups in total. The first-order valence-corrected chi connectivity index (χ1v) is 11.9. The van der Waals surface area contributed by atoms with E-state index in [-0.39, 0.29) is 18.2 Å². The maximum atomic E-state index is 13.6. The quantitative estimate of drug-likeness (QED) is 0.437. The van der Waals surface area contributed by atoms with Crippen LogP contribution in [0, 0.1) is 12.8 Å². The zero-order valence-electron chi connectivity index (χ0n) is 19.4. The molecule has 0 spiro atoms. The number of amides is 2. The molecule has 34 heavy (non-hydrogen) atoms. The summed E-state index contributed by atoms with van der Waals surface area (Å²) in [4.78, 5) is 28.5. The van der Waals surface area contributed by atoms with Crippen LogP contribution >= 0.6 is 15.9 Å². The molecule has 176 valence electrons. The van der Waals surface area contributed by atoms with Gasteiger partial charge in [-0.15, -0.1) is 0 Å². The third kappa shape index (κ3) is 4.94. The van der Waals surface area contributed by atoms with Crippen LogP contribution in [-0.4, -0.2) is 26.0 Å². The molecule has 7 heteroatoms. The van der Waals surface area contributed by atoms with Gasteiger partial charge in [0.25, 0.3) is 0 Å². The number of hydrogen-bond acceptors (Lipinski definition) is 4. The van der Waals surface area contributed by atoms with Gasteiger partial charge < -0.3 is 19.7 Å². The van der Waals surface area contributed by atoms with Crippen molar-refractivity contribution in [3.05, 3.63) is 82.3 Å². The van der Waals surface area contributed by atoms with E-state index in [0.29, 0.717) is 17.9 Å². The number of hydrogen-bond donors (Lipinski definition) is 1. The third-order valence-corrected chi connectivity index (χ3v) is 6.68. The summed E-state index contributed by atoms with van der Waals surface area (Å²) in [6.07, 6.45) is 0.750. The van der Waals surface area contributed by atoms with Crippen molar-refractivity contribution in [2.45, 2.75) is 25.8 Å². The van der Waals surface area contributed by atoms with Crippen molar-refractivity contribution in [1.29, 1.82) is 0 Å². The standard InChI is InChI=1S/C27H27BrN2O4/c1-17-16-19(28)6-14-24(17)29-27(32)23-13-15-25(31)30(20-7-11-22(34-3)12-8-20)26(23)18-4-9-21(33-2)10-5-18/h4-12,14,16,23,26H,13,15H2,1-3H3,(H,29,32)/t23-,26+/m0/s1. The predicted octanol–water partition coefficient (Wildman–Crippen LogP) is 5.90. The molecule has 0 aliphatic carbocycles. The van der Waals surface area contributed by atoms with Crippen LogP contribution in [0.25, 0.3) is 0 Å². The Morgan fingerprint density at radius 2 is 1.59 bits per heavy atom. The SMILES string of the molecule is COc1ccc([C@@H]2[C@@H](C(=O)Nc3ccc(Br)cc3C)CCC(=O)N2c2ccc(OC)cc2)cc1. The summed E-state index contributed by atoms with van der Waals surface area (Å²) in [6, 6.07) is 20.2. The highest BCUT2D eigenvalue weighted by Crippen LogP contribution is 2.41. The molecule has 3 aromatic rings. The Labute approximate surface area is 208 Å². The largest absolute Gasteiger partial charge is 0.497 e. The van der Waals surface area contributed by atoms with Crippen LogP contribution in [0.15, 0.2) is 71.2 Å². The highest BCUT2D eigenvalue weighted by molar-refractivity contribution is 9.10. The van der Waals surface area contributed by atoms with Crippen molar-refractivity contribution >= 4 is 39.1 Å². The number of methoxy groups -OCH3 is 2. The topological polar surface area (TPSA) is 67.9 Å². The van der Waals surface area contributed by atoms with Crippen molar-refractivity contribution in [1.82, 2.24) is 0 Å². The molecule has 1 aliphatic rings. The number of nitrogens with one attached hydrogen (secondary N) is 1. The molecule has 0 aromatic heterocycles. The number of nitrogens with zero attached hydrogens (tertiary/aromatic N) is 1.